The van der Waals surface area contributed by atoms with E-state index in [1.807, 2.05) is 43.3 Å². The van der Waals surface area contributed by atoms with Crippen LogP contribution >= 0.6 is 0 Å². The Morgan fingerprint density at radius 1 is 1.25 bits per heavy atom. The molecule has 2 nitrogen and oxygen atoms in total. The lowest BCUT2D eigenvalue weighted by atomic mass is 10.0. The van der Waals surface area contributed by atoms with E-state index in [1.165, 1.54) is 0 Å². The monoisotopic (exact) mass is 214 g/mol. The molecule has 0 saturated heterocycles. The number of carbonyl (C=O) groups is 1. The fraction of sp³-hybridized carbons (Fsp3) is 0.214. The predicted molar refractivity (Wildman–Crippen MR) is 64.3 cm³/mol. The van der Waals surface area contributed by atoms with E-state index in [9.17, 15) is 4.79 Å². The van der Waals surface area contributed by atoms with Crippen LogP contribution in [0.15, 0.2) is 42.0 Å². The van der Waals surface area contributed by atoms with Crippen LogP contribution in [0.2, 0.25) is 0 Å². The van der Waals surface area contributed by atoms with E-state index in [0.29, 0.717) is 0 Å². The van der Waals surface area contributed by atoms with Gasteiger partial charge in [-0.1, -0.05) is 25.1 Å². The summed E-state index contributed by atoms with van der Waals surface area (Å²) in [6.07, 6.45) is 5.50. The Hall–Kier alpha value is -1.83. The highest BCUT2D eigenvalue weighted by Gasteiger charge is 2.18. The summed E-state index contributed by atoms with van der Waals surface area (Å²) in [5.41, 5.74) is 1.88. The lowest BCUT2D eigenvalue weighted by molar-refractivity contribution is -0.111. The molecule has 82 valence electrons. The molecule has 1 aliphatic rings. The Labute approximate surface area is 95.2 Å². The van der Waals surface area contributed by atoms with Crippen LogP contribution in [0.25, 0.3) is 6.08 Å². The number of ketones is 1. The zero-order valence-electron chi connectivity index (χ0n) is 9.44. The molecule has 0 N–H and O–H groups in total. The summed E-state index contributed by atoms with van der Waals surface area (Å²) < 4.78 is 5.08. The van der Waals surface area contributed by atoms with Crippen LogP contribution in [-0.4, -0.2) is 12.9 Å². The summed E-state index contributed by atoms with van der Waals surface area (Å²) in [6, 6.07) is 7.68. The molecule has 0 aromatic heterocycles. The van der Waals surface area contributed by atoms with Crippen molar-refractivity contribution in [2.45, 2.75) is 6.92 Å². The first kappa shape index (κ1) is 10.7. The van der Waals surface area contributed by atoms with E-state index in [2.05, 4.69) is 0 Å². The molecule has 1 aromatic carbocycles. The van der Waals surface area contributed by atoms with Gasteiger partial charge in [-0.15, -0.1) is 0 Å². The van der Waals surface area contributed by atoms with Crippen LogP contribution in [-0.2, 0) is 4.79 Å². The van der Waals surface area contributed by atoms with Crippen molar-refractivity contribution >= 4 is 11.9 Å². The lowest BCUT2D eigenvalue weighted by Gasteiger charge is -2.04. The zero-order valence-corrected chi connectivity index (χ0v) is 9.44. The summed E-state index contributed by atoms with van der Waals surface area (Å²) in [7, 11) is 1.64. The van der Waals surface area contributed by atoms with Gasteiger partial charge in [0.2, 0.25) is 0 Å². The summed E-state index contributed by atoms with van der Waals surface area (Å²) in [6.45, 7) is 2.02. The van der Waals surface area contributed by atoms with Gasteiger partial charge in [0.15, 0.2) is 5.78 Å². The van der Waals surface area contributed by atoms with Gasteiger partial charge < -0.3 is 4.74 Å². The van der Waals surface area contributed by atoms with Gasteiger partial charge in [-0.25, -0.2) is 0 Å². The molecule has 0 spiro atoms. The Morgan fingerprint density at radius 2 is 1.94 bits per heavy atom. The standard InChI is InChI=1S/C14H14O2/c1-10-3-8-14(15)13(10)9-11-4-6-12(16-2)7-5-11/h3-10H,1-2H3/b13-9+/t10-/m0/s1. The van der Waals surface area contributed by atoms with Crippen LogP contribution in [0.3, 0.4) is 0 Å². The molecule has 0 aliphatic heterocycles. The van der Waals surface area contributed by atoms with E-state index >= 15 is 0 Å². The second-order valence-corrected chi connectivity index (χ2v) is 3.88. The minimum absolute atomic E-state index is 0.114. The van der Waals surface area contributed by atoms with Crippen molar-refractivity contribution in [1.29, 1.82) is 0 Å². The van der Waals surface area contributed by atoms with Crippen LogP contribution in [0, 0.1) is 5.92 Å². The highest BCUT2D eigenvalue weighted by molar-refractivity contribution is 6.10. The van der Waals surface area contributed by atoms with Gasteiger partial charge in [-0.3, -0.25) is 4.79 Å². The van der Waals surface area contributed by atoms with E-state index in [4.69, 9.17) is 4.74 Å². The molecule has 0 unspecified atom stereocenters. The minimum Gasteiger partial charge on any atom is -0.497 e. The average Bonchev–Trinajstić information content (AvgIpc) is 2.62. The summed E-state index contributed by atoms with van der Waals surface area (Å²) in [5.74, 6) is 1.16. The lowest BCUT2D eigenvalue weighted by Crippen LogP contribution is -1.98. The Morgan fingerprint density at radius 3 is 2.44 bits per heavy atom. The molecule has 0 bridgehead atoms. The van der Waals surface area contributed by atoms with Crippen LogP contribution < -0.4 is 4.74 Å². The molecule has 0 amide bonds. The molecule has 0 saturated carbocycles. The van der Waals surface area contributed by atoms with Crippen LogP contribution in [0.5, 0.6) is 5.75 Å². The van der Waals surface area contributed by atoms with Crippen molar-refractivity contribution in [3.63, 3.8) is 0 Å². The highest BCUT2D eigenvalue weighted by atomic mass is 16.5. The van der Waals surface area contributed by atoms with Crippen LogP contribution in [0.1, 0.15) is 12.5 Å². The van der Waals surface area contributed by atoms with Gasteiger partial charge in [0.05, 0.1) is 7.11 Å². The summed E-state index contributed by atoms with van der Waals surface area (Å²) in [4.78, 5) is 11.5. The number of hydrogen-bond acceptors (Lipinski definition) is 2. The molecule has 0 fully saturated rings. The van der Waals surface area contributed by atoms with Crippen molar-refractivity contribution in [3.05, 3.63) is 47.6 Å². The quantitative estimate of drug-likeness (QED) is 0.707. The molecular weight excluding hydrogens is 200 g/mol. The second-order valence-electron chi connectivity index (χ2n) is 3.88. The van der Waals surface area contributed by atoms with Crippen molar-refractivity contribution in [2.75, 3.05) is 7.11 Å². The normalized spacial score (nSPS) is 21.8. The topological polar surface area (TPSA) is 26.3 Å². The molecule has 0 heterocycles. The third kappa shape index (κ3) is 2.06. The molecule has 1 aromatic rings. The first-order valence-electron chi connectivity index (χ1n) is 5.29. The van der Waals surface area contributed by atoms with Crippen molar-refractivity contribution in [1.82, 2.24) is 0 Å². The molecular formula is C14H14O2. The van der Waals surface area contributed by atoms with Gasteiger partial charge in [0.1, 0.15) is 5.75 Å². The third-order valence-corrected chi connectivity index (χ3v) is 2.75. The summed E-state index contributed by atoms with van der Waals surface area (Å²) in [5, 5.41) is 0. The van der Waals surface area contributed by atoms with Gasteiger partial charge in [0, 0.05) is 11.5 Å². The Kier molecular flexibility index (Phi) is 2.91. The first-order valence-corrected chi connectivity index (χ1v) is 5.29. The second kappa shape index (κ2) is 4.35. The first-order chi connectivity index (χ1) is 7.70. The number of hydrogen-bond donors (Lipinski definition) is 0. The highest BCUT2D eigenvalue weighted by Crippen LogP contribution is 2.24. The minimum atomic E-state index is 0.114. The van der Waals surface area contributed by atoms with E-state index < -0.39 is 0 Å². The Bertz CT molecular complexity index is 452. The number of rotatable bonds is 2. The summed E-state index contributed by atoms with van der Waals surface area (Å²) >= 11 is 0. The number of methoxy groups -OCH3 is 1. The van der Waals surface area contributed by atoms with Gasteiger partial charge >= 0.3 is 0 Å². The maximum atomic E-state index is 11.5. The zero-order chi connectivity index (χ0) is 11.5. The van der Waals surface area contributed by atoms with Crippen molar-refractivity contribution < 1.29 is 9.53 Å². The molecule has 0 radical (unpaired) electrons. The molecule has 1 atom stereocenters. The van der Waals surface area contributed by atoms with E-state index in [0.717, 1.165) is 16.9 Å². The van der Waals surface area contributed by atoms with Crippen molar-refractivity contribution in [2.24, 2.45) is 5.92 Å². The average molecular weight is 214 g/mol. The molecule has 1 aliphatic carbocycles. The maximum Gasteiger partial charge on any atom is 0.182 e. The number of ether oxygens (including phenoxy) is 1. The predicted octanol–water partition coefficient (Wildman–Crippen LogP) is 2.85. The number of benzene rings is 1. The Balaban J connectivity index is 2.25. The number of allylic oxidation sites excluding steroid dienone is 3. The van der Waals surface area contributed by atoms with Gasteiger partial charge in [-0.05, 0) is 29.8 Å². The van der Waals surface area contributed by atoms with E-state index in [-0.39, 0.29) is 11.7 Å². The molecule has 2 rings (SSSR count). The van der Waals surface area contributed by atoms with Gasteiger partial charge in [0.25, 0.3) is 0 Å². The third-order valence-electron chi connectivity index (χ3n) is 2.75. The van der Waals surface area contributed by atoms with Crippen LogP contribution in [0.4, 0.5) is 0 Å². The van der Waals surface area contributed by atoms with Crippen molar-refractivity contribution in [3.8, 4) is 5.75 Å². The number of carbonyl (C=O) groups excluding carboxylic acids is 1. The molecule has 2 heteroatoms. The fourth-order valence-corrected chi connectivity index (χ4v) is 1.74. The SMILES string of the molecule is COc1ccc(/C=C2/C(=O)C=C[C@@H]2C)cc1. The van der Waals surface area contributed by atoms with Gasteiger partial charge in [-0.2, -0.15) is 0 Å². The fourth-order valence-electron chi connectivity index (χ4n) is 1.74. The smallest absolute Gasteiger partial charge is 0.182 e. The van der Waals surface area contributed by atoms with E-state index in [1.54, 1.807) is 13.2 Å². The maximum absolute atomic E-state index is 11.5. The largest absolute Gasteiger partial charge is 0.497 e. The molecule has 16 heavy (non-hydrogen) atoms.